The summed E-state index contributed by atoms with van der Waals surface area (Å²) in [5, 5.41) is 155. The van der Waals surface area contributed by atoms with Gasteiger partial charge in [0.25, 0.3) is 0 Å². The topological polar surface area (TPSA) is 396 Å². The molecule has 3 aromatic carbocycles. The molecular formula is C42H47O24+. The number of fused-ring (bicyclic) bond motifs is 1. The fourth-order valence-corrected chi connectivity index (χ4v) is 7.18. The van der Waals surface area contributed by atoms with Crippen LogP contribution in [0.2, 0.25) is 0 Å². The molecule has 3 saturated heterocycles. The number of benzene rings is 3. The molecular weight excluding hydrogens is 888 g/mol. The van der Waals surface area contributed by atoms with Crippen molar-refractivity contribution >= 4 is 23.0 Å². The standard InChI is InChI=1S/C42H46O24/c43-12-26-30(50)33(53)36(56)40(64-26)61-23-10-17(45)9-22-18(23)11-25(39(60-22)16-3-5-19(46)21(48)8-16)63-42-38(58)35(55)32(52)28(66-42)14-59-29(49)6-2-15-1-4-20(47)24(7-15)62-41-37(57)34(54)31(51)27(13-44)65-41/h1-11,26-28,30-38,40-44,50-58H,12-14H2,(H3-,45,46,47,48,49)/p+1/t26-,27-,28-,30-,31-,32-,33+,34+,35+,36-,37-,38-,40-,41-,42-/m1/s1. The molecule has 0 unspecified atom stereocenters. The SMILES string of the molecule is O=C(C=Cc1ccc(O)c(O[C@@H]2O[C@H](CO)[C@@H](O)[C@H](O)[C@H]2O)c1)OC[C@H]1O[C@@H](Oc2cc3c(O[C@@H]4O[C@H](CO)[C@@H](O)[C@H](O)[C@H]4O)cc(O)cc3[o+]c2-c2ccc(O)c(O)c2)[C@H](O)[C@@H](O)[C@@H]1O. The van der Waals surface area contributed by atoms with Crippen LogP contribution in [-0.2, 0) is 23.7 Å². The highest BCUT2D eigenvalue weighted by atomic mass is 16.7. The number of aromatic hydroxyl groups is 4. The van der Waals surface area contributed by atoms with E-state index >= 15 is 0 Å². The van der Waals surface area contributed by atoms with Gasteiger partial charge in [0, 0.05) is 24.3 Å². The van der Waals surface area contributed by atoms with E-state index < -0.39 is 141 Å². The minimum Gasteiger partial charge on any atom is -0.507 e. The van der Waals surface area contributed by atoms with Crippen molar-refractivity contribution in [2.45, 2.75) is 92.1 Å². The van der Waals surface area contributed by atoms with Gasteiger partial charge in [-0.2, -0.15) is 0 Å². The first-order chi connectivity index (χ1) is 31.4. The van der Waals surface area contributed by atoms with E-state index in [2.05, 4.69) is 0 Å². The Morgan fingerprint density at radius 3 is 1.67 bits per heavy atom. The minimum absolute atomic E-state index is 0.0336. The number of phenolic OH excluding ortho intramolecular Hbond substituents is 4. The van der Waals surface area contributed by atoms with Gasteiger partial charge in [-0.3, -0.25) is 0 Å². The zero-order valence-corrected chi connectivity index (χ0v) is 34.0. The molecule has 0 saturated carbocycles. The van der Waals surface area contributed by atoms with Crippen LogP contribution in [0.3, 0.4) is 0 Å². The quantitative estimate of drug-likeness (QED) is 0.0275. The summed E-state index contributed by atoms with van der Waals surface area (Å²) in [7, 11) is 0. The summed E-state index contributed by atoms with van der Waals surface area (Å²) in [6.45, 7) is -2.25. The third-order valence-corrected chi connectivity index (χ3v) is 10.9. The number of phenols is 4. The number of carbonyl (C=O) groups excluding carboxylic acids is 1. The molecule has 24 heteroatoms. The van der Waals surface area contributed by atoms with Gasteiger partial charge in [-0.1, -0.05) is 6.07 Å². The Hall–Kier alpha value is -5.68. The van der Waals surface area contributed by atoms with Crippen LogP contribution in [-0.4, -0.2) is 195 Å². The predicted octanol–water partition coefficient (Wildman–Crippen LogP) is -3.00. The molecule has 0 amide bonds. The molecule has 7 rings (SSSR count). The fourth-order valence-electron chi connectivity index (χ4n) is 7.18. The van der Waals surface area contributed by atoms with Crippen molar-refractivity contribution in [3.63, 3.8) is 0 Å². The number of hydrogen-bond donors (Lipinski definition) is 15. The third kappa shape index (κ3) is 10.0. The van der Waals surface area contributed by atoms with Crippen LogP contribution in [0.1, 0.15) is 5.56 Å². The van der Waals surface area contributed by atoms with Gasteiger partial charge in [-0.25, -0.2) is 9.21 Å². The second kappa shape index (κ2) is 20.0. The molecule has 24 nitrogen and oxygen atoms in total. The molecule has 358 valence electrons. The average molecular weight is 936 g/mol. The Balaban J connectivity index is 1.10. The maximum Gasteiger partial charge on any atom is 0.402 e. The first-order valence-corrected chi connectivity index (χ1v) is 20.0. The number of ether oxygens (including phenoxy) is 7. The second-order valence-electron chi connectivity index (χ2n) is 15.5. The molecule has 15 N–H and O–H groups in total. The van der Waals surface area contributed by atoms with Crippen molar-refractivity contribution in [3.05, 3.63) is 66.2 Å². The summed E-state index contributed by atoms with van der Waals surface area (Å²) in [6, 6.07) is 10.6. The largest absolute Gasteiger partial charge is 0.507 e. The first-order valence-electron chi connectivity index (χ1n) is 20.0. The van der Waals surface area contributed by atoms with Crippen molar-refractivity contribution in [2.24, 2.45) is 0 Å². The minimum atomic E-state index is -2.00. The van der Waals surface area contributed by atoms with Crippen LogP contribution in [0.4, 0.5) is 0 Å². The van der Waals surface area contributed by atoms with Crippen molar-refractivity contribution in [2.75, 3.05) is 19.8 Å². The summed E-state index contributed by atoms with van der Waals surface area (Å²) in [4.78, 5) is 12.9. The van der Waals surface area contributed by atoms with Crippen molar-refractivity contribution < 1.29 is 119 Å². The Labute approximate surface area is 371 Å². The van der Waals surface area contributed by atoms with Gasteiger partial charge < -0.3 is 110 Å². The molecule has 0 radical (unpaired) electrons. The van der Waals surface area contributed by atoms with Crippen LogP contribution in [0, 0.1) is 0 Å². The molecule has 66 heavy (non-hydrogen) atoms. The summed E-state index contributed by atoms with van der Waals surface area (Å²) >= 11 is 0. The summed E-state index contributed by atoms with van der Waals surface area (Å²) in [6.07, 6.45) is -23.8. The van der Waals surface area contributed by atoms with E-state index in [0.717, 1.165) is 30.3 Å². The van der Waals surface area contributed by atoms with Gasteiger partial charge in [-0.05, 0) is 35.9 Å². The molecule has 0 bridgehead atoms. The molecule has 0 spiro atoms. The van der Waals surface area contributed by atoms with Gasteiger partial charge in [0.1, 0.15) is 96.7 Å². The van der Waals surface area contributed by atoms with Crippen LogP contribution in [0.5, 0.6) is 40.2 Å². The van der Waals surface area contributed by atoms with E-state index in [1.54, 1.807) is 0 Å². The van der Waals surface area contributed by atoms with E-state index in [9.17, 15) is 81.4 Å². The number of aliphatic hydroxyl groups is 11. The van der Waals surface area contributed by atoms with Gasteiger partial charge >= 0.3 is 17.3 Å². The second-order valence-corrected chi connectivity index (χ2v) is 15.5. The van der Waals surface area contributed by atoms with Crippen LogP contribution < -0.4 is 14.2 Å². The van der Waals surface area contributed by atoms with E-state index in [0.29, 0.717) is 0 Å². The number of rotatable bonds is 13. The van der Waals surface area contributed by atoms with Gasteiger partial charge in [0.05, 0.1) is 24.8 Å². The Morgan fingerprint density at radius 2 is 1.09 bits per heavy atom. The molecule has 1 aromatic heterocycles. The lowest BCUT2D eigenvalue weighted by Crippen LogP contribution is -2.60. The lowest BCUT2D eigenvalue weighted by atomic mass is 9.99. The molecule has 15 atom stereocenters. The summed E-state index contributed by atoms with van der Waals surface area (Å²) in [5.41, 5.74) is 0.111. The fraction of sp³-hybridized carbons (Fsp3) is 0.429. The molecule has 0 aliphatic carbocycles. The lowest BCUT2D eigenvalue weighted by Gasteiger charge is -2.39. The highest BCUT2D eigenvalue weighted by molar-refractivity contribution is 5.89. The van der Waals surface area contributed by atoms with Gasteiger partial charge in [-0.15, -0.1) is 0 Å². The molecule has 4 heterocycles. The van der Waals surface area contributed by atoms with Gasteiger partial charge in [0.15, 0.2) is 23.0 Å². The predicted molar refractivity (Wildman–Crippen MR) is 215 cm³/mol. The highest BCUT2D eigenvalue weighted by Gasteiger charge is 2.48. The van der Waals surface area contributed by atoms with Crippen LogP contribution >= 0.6 is 0 Å². The average Bonchev–Trinajstić information content (AvgIpc) is 3.29. The van der Waals surface area contributed by atoms with E-state index in [4.69, 9.17) is 37.6 Å². The Morgan fingerprint density at radius 1 is 0.561 bits per heavy atom. The Bertz CT molecular complexity index is 2370. The van der Waals surface area contributed by atoms with E-state index in [1.807, 2.05) is 0 Å². The molecule has 3 aliphatic heterocycles. The Kier molecular flexibility index (Phi) is 14.7. The van der Waals surface area contributed by atoms with E-state index in [-0.39, 0.29) is 45.1 Å². The van der Waals surface area contributed by atoms with Crippen molar-refractivity contribution in [1.29, 1.82) is 0 Å². The molecule has 4 aromatic rings. The number of esters is 1. The number of carbonyl (C=O) groups is 1. The molecule has 3 aliphatic rings. The zero-order chi connectivity index (χ0) is 47.7. The van der Waals surface area contributed by atoms with Crippen molar-refractivity contribution in [3.8, 4) is 51.6 Å². The first kappa shape index (κ1) is 48.3. The monoisotopic (exact) mass is 935 g/mol. The third-order valence-electron chi connectivity index (χ3n) is 10.9. The zero-order valence-electron chi connectivity index (χ0n) is 34.0. The van der Waals surface area contributed by atoms with Crippen LogP contribution in [0.15, 0.2) is 65.1 Å². The normalized spacial score (nSPS) is 32.6. The summed E-state index contributed by atoms with van der Waals surface area (Å²) < 4.78 is 45.2. The van der Waals surface area contributed by atoms with E-state index in [1.165, 1.54) is 36.4 Å². The smallest absolute Gasteiger partial charge is 0.402 e. The number of hydrogen-bond acceptors (Lipinski definition) is 23. The summed E-state index contributed by atoms with van der Waals surface area (Å²) in [5.74, 6) is -4.20. The van der Waals surface area contributed by atoms with Gasteiger partial charge in [0.2, 0.25) is 24.6 Å². The van der Waals surface area contributed by atoms with Crippen LogP contribution in [0.25, 0.3) is 28.4 Å². The molecule has 3 fully saturated rings. The maximum atomic E-state index is 12.9. The highest BCUT2D eigenvalue weighted by Crippen LogP contribution is 2.43. The maximum absolute atomic E-state index is 12.9. The van der Waals surface area contributed by atoms with Crippen molar-refractivity contribution in [1.82, 2.24) is 0 Å². The number of aliphatic hydroxyl groups excluding tert-OH is 11. The lowest BCUT2D eigenvalue weighted by molar-refractivity contribution is -0.278.